The molecule has 0 atom stereocenters. The van der Waals surface area contributed by atoms with E-state index >= 15 is 0 Å². The van der Waals surface area contributed by atoms with Crippen LogP contribution < -0.4 is 5.32 Å². The van der Waals surface area contributed by atoms with Gasteiger partial charge in [-0.3, -0.25) is 4.79 Å². The Balaban J connectivity index is 2.40. The van der Waals surface area contributed by atoms with Gasteiger partial charge in [0.1, 0.15) is 0 Å². The number of carbonyl (C=O) groups excluding carboxylic acids is 1. The van der Waals surface area contributed by atoms with Crippen molar-refractivity contribution in [3.05, 3.63) is 35.4 Å². The molecule has 1 aromatic carbocycles. The third-order valence-corrected chi connectivity index (χ3v) is 2.28. The lowest BCUT2D eigenvalue weighted by Gasteiger charge is -2.11. The van der Waals surface area contributed by atoms with Crippen molar-refractivity contribution in [1.82, 2.24) is 10.2 Å². The molecule has 16 heavy (non-hydrogen) atoms. The Kier molecular flexibility index (Phi) is 4.95. The van der Waals surface area contributed by atoms with Crippen LogP contribution in [0.5, 0.6) is 0 Å². The standard InChI is InChI=1S/C12H18N2O2/c1-14(2)12(16)8-13-7-10-4-3-5-11(6-10)9-15/h3-6,13,15H,7-9H2,1-2H3. The zero-order chi connectivity index (χ0) is 12.0. The minimum atomic E-state index is 0.0461. The molecule has 1 amide bonds. The molecule has 0 aliphatic heterocycles. The molecule has 0 fully saturated rings. The van der Waals surface area contributed by atoms with E-state index in [9.17, 15) is 4.79 Å². The van der Waals surface area contributed by atoms with E-state index < -0.39 is 0 Å². The molecule has 0 aromatic heterocycles. The number of aliphatic hydroxyl groups excluding tert-OH is 1. The van der Waals surface area contributed by atoms with Crippen LogP contribution in [-0.2, 0) is 17.9 Å². The Morgan fingerprint density at radius 2 is 2.06 bits per heavy atom. The lowest BCUT2D eigenvalue weighted by atomic mass is 10.1. The first kappa shape index (κ1) is 12.7. The van der Waals surface area contributed by atoms with Crippen molar-refractivity contribution < 1.29 is 9.90 Å². The highest BCUT2D eigenvalue weighted by atomic mass is 16.3. The number of benzene rings is 1. The van der Waals surface area contributed by atoms with E-state index in [2.05, 4.69) is 5.32 Å². The highest BCUT2D eigenvalue weighted by Crippen LogP contribution is 2.04. The smallest absolute Gasteiger partial charge is 0.236 e. The summed E-state index contributed by atoms with van der Waals surface area (Å²) in [6, 6.07) is 7.66. The fourth-order valence-electron chi connectivity index (χ4n) is 1.31. The second-order valence-corrected chi connectivity index (χ2v) is 3.87. The Morgan fingerprint density at radius 1 is 1.38 bits per heavy atom. The minimum Gasteiger partial charge on any atom is -0.392 e. The van der Waals surface area contributed by atoms with E-state index in [-0.39, 0.29) is 12.5 Å². The number of rotatable bonds is 5. The summed E-state index contributed by atoms with van der Waals surface area (Å²) in [4.78, 5) is 12.8. The maximum Gasteiger partial charge on any atom is 0.236 e. The van der Waals surface area contributed by atoms with Crippen LogP contribution in [0.3, 0.4) is 0 Å². The number of nitrogens with zero attached hydrogens (tertiary/aromatic N) is 1. The summed E-state index contributed by atoms with van der Waals surface area (Å²) in [5.41, 5.74) is 1.95. The number of carbonyl (C=O) groups is 1. The van der Waals surface area contributed by atoms with Crippen molar-refractivity contribution >= 4 is 5.91 Å². The van der Waals surface area contributed by atoms with Crippen LogP contribution in [0.4, 0.5) is 0 Å². The summed E-state index contributed by atoms with van der Waals surface area (Å²) < 4.78 is 0. The molecular formula is C12H18N2O2. The van der Waals surface area contributed by atoms with E-state index in [1.54, 1.807) is 19.0 Å². The zero-order valence-corrected chi connectivity index (χ0v) is 9.73. The molecule has 2 N–H and O–H groups in total. The molecule has 1 rings (SSSR count). The molecule has 0 bridgehead atoms. The number of aliphatic hydroxyl groups is 1. The highest BCUT2D eigenvalue weighted by Gasteiger charge is 2.02. The van der Waals surface area contributed by atoms with Gasteiger partial charge in [-0.1, -0.05) is 24.3 Å². The van der Waals surface area contributed by atoms with E-state index in [1.165, 1.54) is 0 Å². The lowest BCUT2D eigenvalue weighted by molar-refractivity contribution is -0.127. The summed E-state index contributed by atoms with van der Waals surface area (Å²) in [7, 11) is 3.47. The van der Waals surface area contributed by atoms with Gasteiger partial charge in [-0.05, 0) is 11.1 Å². The van der Waals surface area contributed by atoms with Crippen LogP contribution in [0, 0.1) is 0 Å². The number of likely N-dealkylation sites (N-methyl/N-ethyl adjacent to an activating group) is 1. The first-order valence-corrected chi connectivity index (χ1v) is 5.23. The summed E-state index contributed by atoms with van der Waals surface area (Å²) in [5, 5.41) is 12.0. The van der Waals surface area contributed by atoms with E-state index in [0.29, 0.717) is 13.1 Å². The number of hydrogen-bond acceptors (Lipinski definition) is 3. The normalized spacial score (nSPS) is 10.2. The van der Waals surface area contributed by atoms with Crippen LogP contribution in [0.15, 0.2) is 24.3 Å². The molecule has 0 saturated carbocycles. The molecular weight excluding hydrogens is 204 g/mol. The molecule has 0 aliphatic carbocycles. The van der Waals surface area contributed by atoms with Gasteiger partial charge in [-0.15, -0.1) is 0 Å². The van der Waals surface area contributed by atoms with Crippen molar-refractivity contribution in [2.45, 2.75) is 13.2 Å². The third kappa shape index (κ3) is 4.00. The van der Waals surface area contributed by atoms with Gasteiger partial charge >= 0.3 is 0 Å². The average Bonchev–Trinajstić information content (AvgIpc) is 2.29. The van der Waals surface area contributed by atoms with Gasteiger partial charge in [-0.25, -0.2) is 0 Å². The molecule has 88 valence electrons. The van der Waals surface area contributed by atoms with Crippen molar-refractivity contribution in [2.75, 3.05) is 20.6 Å². The van der Waals surface area contributed by atoms with Crippen LogP contribution in [0.1, 0.15) is 11.1 Å². The summed E-state index contributed by atoms with van der Waals surface area (Å²) in [5.74, 6) is 0.0540. The average molecular weight is 222 g/mol. The van der Waals surface area contributed by atoms with E-state index in [0.717, 1.165) is 11.1 Å². The highest BCUT2D eigenvalue weighted by molar-refractivity contribution is 5.77. The predicted molar refractivity (Wildman–Crippen MR) is 62.8 cm³/mol. The van der Waals surface area contributed by atoms with Gasteiger partial charge in [0.25, 0.3) is 0 Å². The topological polar surface area (TPSA) is 52.6 Å². The maximum absolute atomic E-state index is 11.3. The van der Waals surface area contributed by atoms with Gasteiger partial charge in [0, 0.05) is 20.6 Å². The fraction of sp³-hybridized carbons (Fsp3) is 0.417. The number of amides is 1. The molecule has 4 heteroatoms. The van der Waals surface area contributed by atoms with Gasteiger partial charge in [-0.2, -0.15) is 0 Å². The van der Waals surface area contributed by atoms with Gasteiger partial charge < -0.3 is 15.3 Å². The lowest BCUT2D eigenvalue weighted by Crippen LogP contribution is -2.32. The summed E-state index contributed by atoms with van der Waals surface area (Å²) in [6.07, 6.45) is 0. The molecule has 0 saturated heterocycles. The van der Waals surface area contributed by atoms with E-state index in [1.807, 2.05) is 24.3 Å². The van der Waals surface area contributed by atoms with Crippen LogP contribution in [0.2, 0.25) is 0 Å². The van der Waals surface area contributed by atoms with Crippen molar-refractivity contribution in [1.29, 1.82) is 0 Å². The Labute approximate surface area is 95.9 Å². The van der Waals surface area contributed by atoms with E-state index in [4.69, 9.17) is 5.11 Å². The van der Waals surface area contributed by atoms with Crippen LogP contribution >= 0.6 is 0 Å². The third-order valence-electron chi connectivity index (χ3n) is 2.28. The molecule has 0 radical (unpaired) electrons. The second-order valence-electron chi connectivity index (χ2n) is 3.87. The first-order chi connectivity index (χ1) is 7.63. The van der Waals surface area contributed by atoms with Crippen LogP contribution in [-0.4, -0.2) is 36.6 Å². The van der Waals surface area contributed by atoms with Crippen molar-refractivity contribution in [3.63, 3.8) is 0 Å². The molecule has 1 aromatic rings. The first-order valence-electron chi connectivity index (χ1n) is 5.23. The fourth-order valence-corrected chi connectivity index (χ4v) is 1.31. The Bertz CT molecular complexity index is 351. The van der Waals surface area contributed by atoms with Gasteiger partial charge in [0.2, 0.25) is 5.91 Å². The van der Waals surface area contributed by atoms with Gasteiger partial charge in [0.05, 0.1) is 13.2 Å². The monoisotopic (exact) mass is 222 g/mol. The summed E-state index contributed by atoms with van der Waals surface area (Å²) in [6.45, 7) is 1.01. The summed E-state index contributed by atoms with van der Waals surface area (Å²) >= 11 is 0. The largest absolute Gasteiger partial charge is 0.392 e. The molecule has 0 unspecified atom stereocenters. The van der Waals surface area contributed by atoms with Crippen molar-refractivity contribution in [2.24, 2.45) is 0 Å². The number of hydrogen-bond donors (Lipinski definition) is 2. The quantitative estimate of drug-likeness (QED) is 0.756. The molecule has 0 spiro atoms. The second kappa shape index (κ2) is 6.25. The molecule has 0 aliphatic rings. The Morgan fingerprint density at radius 3 is 2.69 bits per heavy atom. The molecule has 0 heterocycles. The predicted octanol–water partition coefficient (Wildman–Crippen LogP) is 0.357. The van der Waals surface area contributed by atoms with Crippen molar-refractivity contribution in [3.8, 4) is 0 Å². The van der Waals surface area contributed by atoms with Gasteiger partial charge in [0.15, 0.2) is 0 Å². The maximum atomic E-state index is 11.3. The SMILES string of the molecule is CN(C)C(=O)CNCc1cccc(CO)c1. The minimum absolute atomic E-state index is 0.0461. The zero-order valence-electron chi connectivity index (χ0n) is 9.73. The Hall–Kier alpha value is -1.39. The molecule has 4 nitrogen and oxygen atoms in total. The van der Waals surface area contributed by atoms with Crippen LogP contribution in [0.25, 0.3) is 0 Å². The number of nitrogens with one attached hydrogen (secondary N) is 1.